The van der Waals surface area contributed by atoms with Crippen molar-refractivity contribution in [1.29, 1.82) is 10.5 Å². The standard InChI is InChI=1S/C19H13N3O4S/c20-11-14-3-1-4-15(12-21)19(14)26-16-6-8-18(9-7-16)27(23,24)22-13-17-5-2-10-25-17/h1-10,22H,13H2. The molecule has 134 valence electrons. The Morgan fingerprint density at radius 1 is 0.963 bits per heavy atom. The highest BCUT2D eigenvalue weighted by atomic mass is 32.2. The fourth-order valence-electron chi connectivity index (χ4n) is 2.29. The molecule has 0 saturated carbocycles. The van der Waals surface area contributed by atoms with Crippen LogP contribution in [0.2, 0.25) is 0 Å². The second-order valence-electron chi connectivity index (χ2n) is 5.38. The molecule has 27 heavy (non-hydrogen) atoms. The number of nitrogens with zero attached hydrogens (tertiary/aromatic N) is 2. The summed E-state index contributed by atoms with van der Waals surface area (Å²) in [5, 5.41) is 18.3. The van der Waals surface area contributed by atoms with Crippen LogP contribution in [0, 0.1) is 22.7 Å². The van der Waals surface area contributed by atoms with Gasteiger partial charge in [-0.1, -0.05) is 6.07 Å². The molecule has 0 aliphatic carbocycles. The molecule has 7 nitrogen and oxygen atoms in total. The Bertz CT molecular complexity index is 1090. The molecule has 0 bridgehead atoms. The van der Waals surface area contributed by atoms with Crippen molar-refractivity contribution < 1.29 is 17.6 Å². The van der Waals surface area contributed by atoms with Crippen molar-refractivity contribution in [2.24, 2.45) is 0 Å². The quantitative estimate of drug-likeness (QED) is 0.702. The van der Waals surface area contributed by atoms with Gasteiger partial charge in [0.1, 0.15) is 23.6 Å². The van der Waals surface area contributed by atoms with Crippen LogP contribution in [-0.2, 0) is 16.6 Å². The number of sulfonamides is 1. The van der Waals surface area contributed by atoms with Gasteiger partial charge in [-0.05, 0) is 48.5 Å². The lowest BCUT2D eigenvalue weighted by molar-refractivity contribution is 0.479. The molecule has 1 heterocycles. The number of hydrogen-bond acceptors (Lipinski definition) is 6. The molecule has 0 fully saturated rings. The Hall–Kier alpha value is -3.59. The SMILES string of the molecule is N#Cc1cccc(C#N)c1Oc1ccc(S(=O)(=O)NCc2ccco2)cc1. The molecular weight excluding hydrogens is 366 g/mol. The molecule has 1 N–H and O–H groups in total. The van der Waals surface area contributed by atoms with E-state index in [4.69, 9.17) is 19.7 Å². The van der Waals surface area contributed by atoms with Crippen molar-refractivity contribution in [2.75, 3.05) is 0 Å². The Balaban J connectivity index is 1.78. The van der Waals surface area contributed by atoms with Gasteiger partial charge in [-0.25, -0.2) is 13.1 Å². The summed E-state index contributed by atoms with van der Waals surface area (Å²) >= 11 is 0. The predicted octanol–water partition coefficient (Wildman–Crippen LogP) is 3.29. The maximum absolute atomic E-state index is 12.3. The van der Waals surface area contributed by atoms with Crippen LogP contribution in [-0.4, -0.2) is 8.42 Å². The summed E-state index contributed by atoms with van der Waals surface area (Å²) in [6.45, 7) is 0.0364. The topological polar surface area (TPSA) is 116 Å². The monoisotopic (exact) mass is 379 g/mol. The summed E-state index contributed by atoms with van der Waals surface area (Å²) in [5.74, 6) is 0.934. The van der Waals surface area contributed by atoms with Gasteiger partial charge >= 0.3 is 0 Å². The van der Waals surface area contributed by atoms with E-state index in [9.17, 15) is 8.42 Å². The highest BCUT2D eigenvalue weighted by Gasteiger charge is 2.15. The fourth-order valence-corrected chi connectivity index (χ4v) is 3.28. The summed E-state index contributed by atoms with van der Waals surface area (Å²) in [6, 6.07) is 17.6. The molecule has 0 aliphatic heterocycles. The van der Waals surface area contributed by atoms with Gasteiger partial charge < -0.3 is 9.15 Å². The molecule has 3 aromatic rings. The summed E-state index contributed by atoms with van der Waals surface area (Å²) < 4.78 is 37.8. The summed E-state index contributed by atoms with van der Waals surface area (Å²) in [5.41, 5.74) is 0.428. The number of nitrogens with one attached hydrogen (secondary N) is 1. The molecule has 0 spiro atoms. The molecule has 3 rings (SSSR count). The van der Waals surface area contributed by atoms with Crippen LogP contribution in [0.4, 0.5) is 0 Å². The molecular formula is C19H13N3O4S. The molecule has 0 amide bonds. The summed E-state index contributed by atoms with van der Waals surface area (Å²) in [7, 11) is -3.72. The lowest BCUT2D eigenvalue weighted by Gasteiger charge is -2.10. The van der Waals surface area contributed by atoms with E-state index >= 15 is 0 Å². The third kappa shape index (κ3) is 4.15. The maximum Gasteiger partial charge on any atom is 0.240 e. The molecule has 1 aromatic heterocycles. The van der Waals surface area contributed by atoms with E-state index in [1.54, 1.807) is 18.2 Å². The van der Waals surface area contributed by atoms with E-state index in [1.807, 2.05) is 12.1 Å². The van der Waals surface area contributed by atoms with Crippen LogP contribution in [0.5, 0.6) is 11.5 Å². The minimum atomic E-state index is -3.72. The predicted molar refractivity (Wildman–Crippen MR) is 95.1 cm³/mol. The fraction of sp³-hybridized carbons (Fsp3) is 0.0526. The number of benzene rings is 2. The first kappa shape index (κ1) is 18.2. The number of ether oxygens (including phenoxy) is 1. The smallest absolute Gasteiger partial charge is 0.240 e. The van der Waals surface area contributed by atoms with Crippen LogP contribution in [0.1, 0.15) is 16.9 Å². The van der Waals surface area contributed by atoms with Crippen LogP contribution in [0.15, 0.2) is 70.2 Å². The molecule has 2 aromatic carbocycles. The molecule has 0 radical (unpaired) electrons. The van der Waals surface area contributed by atoms with Gasteiger partial charge in [0, 0.05) is 0 Å². The number of furan rings is 1. The van der Waals surface area contributed by atoms with Gasteiger partial charge in [-0.2, -0.15) is 10.5 Å². The molecule has 0 aliphatic rings. The van der Waals surface area contributed by atoms with E-state index < -0.39 is 10.0 Å². The number of rotatable bonds is 6. The van der Waals surface area contributed by atoms with E-state index in [-0.39, 0.29) is 28.3 Å². The summed E-state index contributed by atoms with van der Waals surface area (Å²) in [6.07, 6.45) is 1.46. The maximum atomic E-state index is 12.3. The Labute approximate surface area is 156 Å². The lowest BCUT2D eigenvalue weighted by Crippen LogP contribution is -2.22. The average Bonchev–Trinajstić information content (AvgIpc) is 3.21. The normalized spacial score (nSPS) is 10.7. The highest BCUT2D eigenvalue weighted by Crippen LogP contribution is 2.29. The lowest BCUT2D eigenvalue weighted by atomic mass is 10.1. The first-order valence-corrected chi connectivity index (χ1v) is 9.25. The van der Waals surface area contributed by atoms with Gasteiger partial charge in [-0.3, -0.25) is 0 Å². The first-order valence-electron chi connectivity index (χ1n) is 7.76. The van der Waals surface area contributed by atoms with Gasteiger partial charge in [0.05, 0.1) is 28.8 Å². The van der Waals surface area contributed by atoms with Crippen LogP contribution >= 0.6 is 0 Å². The largest absolute Gasteiger partial charge is 0.468 e. The van der Waals surface area contributed by atoms with E-state index in [0.29, 0.717) is 11.5 Å². The van der Waals surface area contributed by atoms with Crippen molar-refractivity contribution in [2.45, 2.75) is 11.4 Å². The second-order valence-corrected chi connectivity index (χ2v) is 7.15. The van der Waals surface area contributed by atoms with E-state index in [1.165, 1.54) is 42.7 Å². The Morgan fingerprint density at radius 2 is 1.63 bits per heavy atom. The van der Waals surface area contributed by atoms with Crippen molar-refractivity contribution in [1.82, 2.24) is 4.72 Å². The van der Waals surface area contributed by atoms with Crippen molar-refractivity contribution in [3.05, 3.63) is 77.7 Å². The van der Waals surface area contributed by atoms with Gasteiger partial charge in [0.25, 0.3) is 0 Å². The van der Waals surface area contributed by atoms with Gasteiger partial charge in [0.15, 0.2) is 5.75 Å². The summed E-state index contributed by atoms with van der Waals surface area (Å²) in [4.78, 5) is 0.0514. The third-order valence-electron chi connectivity index (χ3n) is 3.63. The second kappa shape index (κ2) is 7.75. The minimum absolute atomic E-state index is 0.0364. The van der Waals surface area contributed by atoms with E-state index in [2.05, 4.69) is 4.72 Å². The number of nitriles is 2. The zero-order valence-corrected chi connectivity index (χ0v) is 14.7. The van der Waals surface area contributed by atoms with Gasteiger partial charge in [0.2, 0.25) is 10.0 Å². The number of para-hydroxylation sites is 1. The third-order valence-corrected chi connectivity index (χ3v) is 5.04. The van der Waals surface area contributed by atoms with E-state index in [0.717, 1.165) is 0 Å². The van der Waals surface area contributed by atoms with Crippen LogP contribution in [0.3, 0.4) is 0 Å². The molecule has 0 atom stereocenters. The number of hydrogen-bond donors (Lipinski definition) is 1. The highest BCUT2D eigenvalue weighted by molar-refractivity contribution is 7.89. The first-order chi connectivity index (χ1) is 13.0. The zero-order valence-electron chi connectivity index (χ0n) is 13.9. The molecule has 8 heteroatoms. The van der Waals surface area contributed by atoms with Crippen molar-refractivity contribution in [3.63, 3.8) is 0 Å². The minimum Gasteiger partial charge on any atom is -0.468 e. The zero-order chi connectivity index (χ0) is 19.3. The van der Waals surface area contributed by atoms with Crippen LogP contribution < -0.4 is 9.46 Å². The van der Waals surface area contributed by atoms with Crippen molar-refractivity contribution >= 4 is 10.0 Å². The Kier molecular flexibility index (Phi) is 5.23. The molecule has 0 saturated heterocycles. The van der Waals surface area contributed by atoms with Crippen LogP contribution in [0.25, 0.3) is 0 Å². The average molecular weight is 379 g/mol. The van der Waals surface area contributed by atoms with Crippen molar-refractivity contribution in [3.8, 4) is 23.6 Å². The Morgan fingerprint density at radius 3 is 2.19 bits per heavy atom. The van der Waals surface area contributed by atoms with Gasteiger partial charge in [-0.15, -0.1) is 0 Å². The molecule has 0 unspecified atom stereocenters.